The van der Waals surface area contributed by atoms with Crippen LogP contribution in [-0.2, 0) is 10.0 Å². The van der Waals surface area contributed by atoms with Crippen molar-refractivity contribution in [2.45, 2.75) is 18.6 Å². The molecule has 0 amide bonds. The first-order valence-electron chi connectivity index (χ1n) is 4.88. The molecule has 0 spiro atoms. The molecule has 1 rings (SSSR count). The van der Waals surface area contributed by atoms with Gasteiger partial charge >= 0.3 is 0 Å². The number of sulfonamides is 1. The molecule has 98 valence electrons. The molecule has 0 aliphatic carbocycles. The van der Waals surface area contributed by atoms with Gasteiger partial charge in [-0.1, -0.05) is 30.1 Å². The van der Waals surface area contributed by atoms with Gasteiger partial charge in [0.2, 0.25) is 10.0 Å². The first-order valence-corrected chi connectivity index (χ1v) is 7.97. The molecule has 0 radical (unpaired) electrons. The second kappa shape index (κ2) is 6.11. The maximum atomic E-state index is 11.9. The summed E-state index contributed by atoms with van der Waals surface area (Å²) in [6.45, 7) is 1.61. The van der Waals surface area contributed by atoms with E-state index in [1.54, 1.807) is 19.1 Å². The molecule has 1 aromatic rings. The van der Waals surface area contributed by atoms with Crippen LogP contribution < -0.4 is 4.72 Å². The molecule has 1 N–H and O–H groups in total. The van der Waals surface area contributed by atoms with Gasteiger partial charge in [0.05, 0.1) is 21.8 Å². The van der Waals surface area contributed by atoms with Crippen LogP contribution in [0.25, 0.3) is 0 Å². The second-order valence-electron chi connectivity index (χ2n) is 3.40. The Hall–Kier alpha value is -0.480. The van der Waals surface area contributed by atoms with Crippen molar-refractivity contribution >= 4 is 54.8 Å². The van der Waals surface area contributed by atoms with Crippen molar-refractivity contribution in [1.29, 1.82) is 5.26 Å². The molecule has 8 heteroatoms. The van der Waals surface area contributed by atoms with Crippen LogP contribution in [0.5, 0.6) is 0 Å². The summed E-state index contributed by atoms with van der Waals surface area (Å²) in [7, 11) is -3.80. The summed E-state index contributed by atoms with van der Waals surface area (Å²) in [5, 5.41) is 7.94. The maximum Gasteiger partial charge on any atom is 0.249 e. The summed E-state index contributed by atoms with van der Waals surface area (Å²) in [6, 6.07) is 4.76. The van der Waals surface area contributed by atoms with Gasteiger partial charge in [0.1, 0.15) is 0 Å². The van der Waals surface area contributed by atoms with E-state index in [2.05, 4.69) is 20.7 Å². The molecular formula is C10H9BrCl2N2O2S. The highest BCUT2D eigenvalue weighted by molar-refractivity contribution is 9.10. The zero-order valence-electron chi connectivity index (χ0n) is 9.25. The van der Waals surface area contributed by atoms with Gasteiger partial charge in [-0.05, 0) is 34.5 Å². The Morgan fingerprint density at radius 3 is 2.56 bits per heavy atom. The van der Waals surface area contributed by atoms with E-state index in [0.29, 0.717) is 4.47 Å². The van der Waals surface area contributed by atoms with Crippen LogP contribution in [0.3, 0.4) is 0 Å². The highest BCUT2D eigenvalue weighted by Crippen LogP contribution is 2.36. The van der Waals surface area contributed by atoms with E-state index in [9.17, 15) is 8.42 Å². The molecule has 0 aliphatic rings. The first-order chi connectivity index (χ1) is 8.33. The summed E-state index contributed by atoms with van der Waals surface area (Å²) in [6.07, 6.45) is 0.188. The quantitative estimate of drug-likeness (QED) is 0.818. The summed E-state index contributed by atoms with van der Waals surface area (Å²) >= 11 is 15.0. The predicted octanol–water partition coefficient (Wildman–Crippen LogP) is 3.80. The van der Waals surface area contributed by atoms with Crippen LogP contribution in [0, 0.1) is 11.3 Å². The molecule has 0 saturated carbocycles. The van der Waals surface area contributed by atoms with Crippen LogP contribution >= 0.6 is 39.1 Å². The molecule has 0 bridgehead atoms. The lowest BCUT2D eigenvalue weighted by atomic mass is 10.3. The monoisotopic (exact) mass is 370 g/mol. The molecule has 1 aromatic carbocycles. The van der Waals surface area contributed by atoms with Crippen LogP contribution in [-0.4, -0.2) is 13.7 Å². The topological polar surface area (TPSA) is 70.0 Å². The summed E-state index contributed by atoms with van der Waals surface area (Å²) < 4.78 is 26.6. The molecular weight excluding hydrogens is 363 g/mol. The molecule has 1 unspecified atom stereocenters. The standard InChI is InChI=1S/C10H9BrCl2N2O2S/c1-2-6(5-14)18(16,17)15-8-4-3-7(11)9(12)10(8)13/h3-4,6,15H,2H2,1H3. The number of nitrogens with one attached hydrogen (secondary N) is 1. The van der Waals surface area contributed by atoms with Crippen molar-refractivity contribution in [2.75, 3.05) is 4.72 Å². The number of halogens is 3. The largest absolute Gasteiger partial charge is 0.281 e. The van der Waals surface area contributed by atoms with Crippen molar-refractivity contribution in [3.8, 4) is 6.07 Å². The number of nitrogens with zero attached hydrogens (tertiary/aromatic N) is 1. The second-order valence-corrected chi connectivity index (χ2v) is 6.87. The lowest BCUT2D eigenvalue weighted by Crippen LogP contribution is -2.26. The van der Waals surface area contributed by atoms with Crippen molar-refractivity contribution in [3.05, 3.63) is 26.7 Å². The lowest BCUT2D eigenvalue weighted by Gasteiger charge is -2.13. The van der Waals surface area contributed by atoms with Crippen LogP contribution in [0.15, 0.2) is 16.6 Å². The zero-order valence-corrected chi connectivity index (χ0v) is 13.2. The van der Waals surface area contributed by atoms with Gasteiger partial charge in [-0.3, -0.25) is 4.72 Å². The smallest absolute Gasteiger partial charge is 0.249 e. The summed E-state index contributed by atoms with van der Waals surface area (Å²) in [4.78, 5) is 0. The van der Waals surface area contributed by atoms with Gasteiger partial charge in [-0.2, -0.15) is 5.26 Å². The summed E-state index contributed by atoms with van der Waals surface area (Å²) in [5.41, 5.74) is 0.151. The molecule has 0 heterocycles. The predicted molar refractivity (Wildman–Crippen MR) is 76.4 cm³/mol. The summed E-state index contributed by atoms with van der Waals surface area (Å²) in [5.74, 6) is 0. The highest BCUT2D eigenvalue weighted by Gasteiger charge is 2.24. The average Bonchev–Trinajstić information content (AvgIpc) is 2.31. The molecule has 0 aromatic heterocycles. The normalized spacial score (nSPS) is 12.8. The molecule has 1 atom stereocenters. The van der Waals surface area contributed by atoms with Gasteiger partial charge in [0.25, 0.3) is 0 Å². The molecule has 0 aliphatic heterocycles. The Morgan fingerprint density at radius 1 is 1.44 bits per heavy atom. The van der Waals surface area contributed by atoms with E-state index in [1.165, 1.54) is 6.07 Å². The van der Waals surface area contributed by atoms with Gasteiger partial charge in [0, 0.05) is 4.47 Å². The van der Waals surface area contributed by atoms with E-state index in [1.807, 2.05) is 0 Å². The fourth-order valence-electron chi connectivity index (χ4n) is 1.21. The van der Waals surface area contributed by atoms with E-state index in [-0.39, 0.29) is 22.2 Å². The molecule has 0 fully saturated rings. The Labute approximate surface area is 124 Å². The highest BCUT2D eigenvalue weighted by atomic mass is 79.9. The maximum absolute atomic E-state index is 11.9. The number of anilines is 1. The van der Waals surface area contributed by atoms with Gasteiger partial charge in [-0.15, -0.1) is 0 Å². The van der Waals surface area contributed by atoms with E-state index in [4.69, 9.17) is 28.5 Å². The van der Waals surface area contributed by atoms with E-state index < -0.39 is 15.3 Å². The fourth-order valence-corrected chi connectivity index (χ4v) is 3.28. The number of benzene rings is 1. The lowest BCUT2D eigenvalue weighted by molar-refractivity contribution is 0.593. The Kier molecular flexibility index (Phi) is 5.29. The van der Waals surface area contributed by atoms with Gasteiger partial charge in [-0.25, -0.2) is 8.42 Å². The van der Waals surface area contributed by atoms with Crippen LogP contribution in [0.1, 0.15) is 13.3 Å². The van der Waals surface area contributed by atoms with Gasteiger partial charge < -0.3 is 0 Å². The van der Waals surface area contributed by atoms with Crippen molar-refractivity contribution in [3.63, 3.8) is 0 Å². The van der Waals surface area contributed by atoms with Crippen molar-refractivity contribution < 1.29 is 8.42 Å². The van der Waals surface area contributed by atoms with Crippen molar-refractivity contribution in [1.82, 2.24) is 0 Å². The molecule has 0 saturated heterocycles. The SMILES string of the molecule is CCC(C#N)S(=O)(=O)Nc1ccc(Br)c(Cl)c1Cl. The number of nitriles is 1. The third kappa shape index (κ3) is 3.29. The number of hydrogen-bond donors (Lipinski definition) is 1. The minimum atomic E-state index is -3.80. The van der Waals surface area contributed by atoms with Crippen LogP contribution in [0.4, 0.5) is 5.69 Å². The van der Waals surface area contributed by atoms with E-state index in [0.717, 1.165) is 0 Å². The third-order valence-corrected chi connectivity index (χ3v) is 5.64. The van der Waals surface area contributed by atoms with Gasteiger partial charge in [0.15, 0.2) is 5.25 Å². The first kappa shape index (κ1) is 15.6. The third-order valence-electron chi connectivity index (χ3n) is 2.18. The van der Waals surface area contributed by atoms with Crippen molar-refractivity contribution in [2.24, 2.45) is 0 Å². The zero-order chi connectivity index (χ0) is 13.9. The molecule has 4 nitrogen and oxygen atoms in total. The van der Waals surface area contributed by atoms with Crippen LogP contribution in [0.2, 0.25) is 10.0 Å². The minimum Gasteiger partial charge on any atom is -0.281 e. The Morgan fingerprint density at radius 2 is 2.06 bits per heavy atom. The Balaban J connectivity index is 3.14. The number of rotatable bonds is 4. The Bertz CT molecular complexity index is 599. The molecule has 18 heavy (non-hydrogen) atoms. The average molecular weight is 372 g/mol. The van der Waals surface area contributed by atoms with E-state index >= 15 is 0 Å². The fraction of sp³-hybridized carbons (Fsp3) is 0.300. The minimum absolute atomic E-state index is 0.0856. The number of hydrogen-bond acceptors (Lipinski definition) is 3.